The molecule has 1 aliphatic heterocycles. The first-order chi connectivity index (χ1) is 8.31. The van der Waals surface area contributed by atoms with E-state index >= 15 is 0 Å². The van der Waals surface area contributed by atoms with Crippen LogP contribution in [0.5, 0.6) is 0 Å². The smallest absolute Gasteiger partial charge is 0.129 e. The number of nitrogens with two attached hydrogens (primary N) is 1. The zero-order valence-electron chi connectivity index (χ0n) is 11.7. The third-order valence-corrected chi connectivity index (χ3v) is 3.02. The minimum Gasteiger partial charge on any atom is -0.366 e. The lowest BCUT2D eigenvalue weighted by Crippen LogP contribution is -2.57. The third-order valence-electron chi connectivity index (χ3n) is 3.02. The molecule has 2 heterocycles. The van der Waals surface area contributed by atoms with Crippen LogP contribution in [0.15, 0.2) is 18.2 Å². The SMILES string of the molecule is CC1(C)CN(c2cccc(CN)n2)CC(C)(C)O1. The Morgan fingerprint density at radius 2 is 1.83 bits per heavy atom. The lowest BCUT2D eigenvalue weighted by atomic mass is 9.99. The first-order valence-electron chi connectivity index (χ1n) is 6.42. The summed E-state index contributed by atoms with van der Waals surface area (Å²) in [5, 5.41) is 0. The van der Waals surface area contributed by atoms with E-state index in [1.54, 1.807) is 0 Å². The Labute approximate surface area is 109 Å². The number of anilines is 1. The molecule has 1 fully saturated rings. The largest absolute Gasteiger partial charge is 0.366 e. The summed E-state index contributed by atoms with van der Waals surface area (Å²) < 4.78 is 6.08. The highest BCUT2D eigenvalue weighted by molar-refractivity contribution is 5.41. The van der Waals surface area contributed by atoms with Gasteiger partial charge < -0.3 is 15.4 Å². The number of aromatic nitrogens is 1. The molecule has 2 N–H and O–H groups in total. The maximum atomic E-state index is 6.08. The molecule has 0 spiro atoms. The number of hydrogen-bond acceptors (Lipinski definition) is 4. The second-order valence-electron chi connectivity index (χ2n) is 6.17. The summed E-state index contributed by atoms with van der Waals surface area (Å²) in [6, 6.07) is 6.01. The summed E-state index contributed by atoms with van der Waals surface area (Å²) in [7, 11) is 0. The van der Waals surface area contributed by atoms with Crippen LogP contribution in [-0.2, 0) is 11.3 Å². The minimum absolute atomic E-state index is 0.165. The van der Waals surface area contributed by atoms with Gasteiger partial charge in [-0.05, 0) is 39.8 Å². The summed E-state index contributed by atoms with van der Waals surface area (Å²) in [5.41, 5.74) is 6.25. The number of morpholine rings is 1. The van der Waals surface area contributed by atoms with E-state index in [9.17, 15) is 0 Å². The fourth-order valence-electron chi connectivity index (χ4n) is 2.71. The fourth-order valence-corrected chi connectivity index (χ4v) is 2.71. The van der Waals surface area contributed by atoms with Crippen molar-refractivity contribution in [2.75, 3.05) is 18.0 Å². The van der Waals surface area contributed by atoms with Crippen molar-refractivity contribution in [2.24, 2.45) is 5.73 Å². The molecule has 1 saturated heterocycles. The highest BCUT2D eigenvalue weighted by Gasteiger charge is 2.38. The Morgan fingerprint density at radius 1 is 1.22 bits per heavy atom. The Balaban J connectivity index is 2.26. The molecule has 2 rings (SSSR count). The normalized spacial score (nSPS) is 21.9. The van der Waals surface area contributed by atoms with Gasteiger partial charge in [-0.2, -0.15) is 0 Å². The van der Waals surface area contributed by atoms with Crippen molar-refractivity contribution < 1.29 is 4.74 Å². The third kappa shape index (κ3) is 3.00. The predicted molar refractivity (Wildman–Crippen MR) is 73.6 cm³/mol. The summed E-state index contributed by atoms with van der Waals surface area (Å²) in [6.07, 6.45) is 0. The van der Waals surface area contributed by atoms with Crippen LogP contribution in [-0.4, -0.2) is 29.3 Å². The molecule has 1 aromatic rings. The highest BCUT2D eigenvalue weighted by atomic mass is 16.5. The van der Waals surface area contributed by atoms with E-state index in [1.807, 2.05) is 18.2 Å². The molecule has 18 heavy (non-hydrogen) atoms. The zero-order chi connectivity index (χ0) is 13.4. The molecular weight excluding hydrogens is 226 g/mol. The molecule has 0 saturated carbocycles. The second kappa shape index (κ2) is 4.52. The monoisotopic (exact) mass is 249 g/mol. The van der Waals surface area contributed by atoms with Crippen LogP contribution in [0.3, 0.4) is 0 Å². The molecule has 4 heteroatoms. The molecule has 0 unspecified atom stereocenters. The molecular formula is C14H23N3O. The molecule has 0 amide bonds. The Kier molecular flexibility index (Phi) is 3.34. The van der Waals surface area contributed by atoms with Crippen molar-refractivity contribution in [1.29, 1.82) is 0 Å². The van der Waals surface area contributed by atoms with Gasteiger partial charge in [-0.25, -0.2) is 4.98 Å². The minimum atomic E-state index is -0.165. The second-order valence-corrected chi connectivity index (χ2v) is 6.17. The fraction of sp³-hybridized carbons (Fsp3) is 0.643. The van der Waals surface area contributed by atoms with Crippen molar-refractivity contribution in [3.63, 3.8) is 0 Å². The predicted octanol–water partition coefficient (Wildman–Crippen LogP) is 1.93. The van der Waals surface area contributed by atoms with E-state index in [1.165, 1.54) is 0 Å². The number of hydrogen-bond donors (Lipinski definition) is 1. The van der Waals surface area contributed by atoms with Crippen molar-refractivity contribution >= 4 is 5.82 Å². The average molecular weight is 249 g/mol. The van der Waals surface area contributed by atoms with Gasteiger partial charge in [-0.3, -0.25) is 0 Å². The average Bonchev–Trinajstić information content (AvgIpc) is 2.25. The van der Waals surface area contributed by atoms with Crippen molar-refractivity contribution in [2.45, 2.75) is 45.4 Å². The highest BCUT2D eigenvalue weighted by Crippen LogP contribution is 2.30. The lowest BCUT2D eigenvalue weighted by Gasteiger charge is -2.47. The standard InChI is InChI=1S/C14H23N3O/c1-13(2)9-17(10-14(3,4)18-13)12-7-5-6-11(8-15)16-12/h5-7H,8-10,15H2,1-4H3. The molecule has 4 nitrogen and oxygen atoms in total. The summed E-state index contributed by atoms with van der Waals surface area (Å²) >= 11 is 0. The van der Waals surface area contributed by atoms with Crippen LogP contribution in [0.4, 0.5) is 5.82 Å². The molecule has 0 aliphatic carbocycles. The Morgan fingerprint density at radius 3 is 2.39 bits per heavy atom. The van der Waals surface area contributed by atoms with Crippen molar-refractivity contribution in [3.05, 3.63) is 23.9 Å². The van der Waals surface area contributed by atoms with Crippen LogP contribution >= 0.6 is 0 Å². The van der Waals surface area contributed by atoms with Crippen LogP contribution in [0.2, 0.25) is 0 Å². The number of ether oxygens (including phenoxy) is 1. The molecule has 0 aromatic carbocycles. The van der Waals surface area contributed by atoms with Crippen LogP contribution < -0.4 is 10.6 Å². The number of pyridine rings is 1. The van der Waals surface area contributed by atoms with Crippen molar-refractivity contribution in [1.82, 2.24) is 4.98 Å². The first-order valence-corrected chi connectivity index (χ1v) is 6.42. The van der Waals surface area contributed by atoms with Gasteiger partial charge in [0.2, 0.25) is 0 Å². The molecule has 1 aromatic heterocycles. The van der Waals surface area contributed by atoms with Crippen molar-refractivity contribution in [3.8, 4) is 0 Å². The maximum absolute atomic E-state index is 6.08. The maximum Gasteiger partial charge on any atom is 0.129 e. The van der Waals surface area contributed by atoms with Gasteiger partial charge >= 0.3 is 0 Å². The van der Waals surface area contributed by atoms with E-state index in [-0.39, 0.29) is 11.2 Å². The molecule has 0 bridgehead atoms. The van der Waals surface area contributed by atoms with E-state index < -0.39 is 0 Å². The Hall–Kier alpha value is -1.13. The quantitative estimate of drug-likeness (QED) is 0.870. The molecule has 100 valence electrons. The van der Waals surface area contributed by atoms with E-state index in [4.69, 9.17) is 10.5 Å². The Bertz CT molecular complexity index is 413. The van der Waals surface area contributed by atoms with Gasteiger partial charge in [0, 0.05) is 19.6 Å². The first kappa shape index (κ1) is 13.3. The van der Waals surface area contributed by atoms with Crippen LogP contribution in [0, 0.1) is 0 Å². The van der Waals surface area contributed by atoms with E-state index in [0.717, 1.165) is 24.6 Å². The zero-order valence-corrected chi connectivity index (χ0v) is 11.7. The van der Waals surface area contributed by atoms with E-state index in [2.05, 4.69) is 37.6 Å². The van der Waals surface area contributed by atoms with Gasteiger partial charge in [0.05, 0.1) is 16.9 Å². The molecule has 1 aliphatic rings. The van der Waals surface area contributed by atoms with Gasteiger partial charge in [0.15, 0.2) is 0 Å². The summed E-state index contributed by atoms with van der Waals surface area (Å²) in [6.45, 7) is 10.6. The van der Waals surface area contributed by atoms with Gasteiger partial charge in [-0.1, -0.05) is 6.07 Å². The van der Waals surface area contributed by atoms with E-state index in [0.29, 0.717) is 6.54 Å². The van der Waals surface area contributed by atoms with Crippen LogP contribution in [0.25, 0.3) is 0 Å². The molecule has 0 radical (unpaired) electrons. The lowest BCUT2D eigenvalue weighted by molar-refractivity contribution is -0.133. The summed E-state index contributed by atoms with van der Waals surface area (Å²) in [5.74, 6) is 0.988. The summed E-state index contributed by atoms with van der Waals surface area (Å²) in [4.78, 5) is 6.87. The van der Waals surface area contributed by atoms with Gasteiger partial charge in [0.1, 0.15) is 5.82 Å². The number of rotatable bonds is 2. The van der Waals surface area contributed by atoms with Gasteiger partial charge in [-0.15, -0.1) is 0 Å². The number of nitrogens with zero attached hydrogens (tertiary/aromatic N) is 2. The molecule has 0 atom stereocenters. The van der Waals surface area contributed by atoms with Crippen LogP contribution in [0.1, 0.15) is 33.4 Å². The topological polar surface area (TPSA) is 51.4 Å². The van der Waals surface area contributed by atoms with Gasteiger partial charge in [0.25, 0.3) is 0 Å².